The zero-order chi connectivity index (χ0) is 25.1. The van der Waals surface area contributed by atoms with Crippen molar-refractivity contribution in [3.05, 3.63) is 86.8 Å². The molecule has 0 saturated carbocycles. The third-order valence-electron chi connectivity index (χ3n) is 6.98. The van der Waals surface area contributed by atoms with E-state index in [0.717, 1.165) is 53.7 Å². The maximum absolute atomic E-state index is 12.9. The van der Waals surface area contributed by atoms with E-state index in [9.17, 15) is 9.59 Å². The summed E-state index contributed by atoms with van der Waals surface area (Å²) in [5.74, 6) is 0.633. The fraction of sp³-hybridized carbons (Fsp3) is 0.370. The van der Waals surface area contributed by atoms with Crippen molar-refractivity contribution in [3.8, 4) is 0 Å². The molecular weight excluding hydrogens is 476 g/mol. The van der Waals surface area contributed by atoms with Crippen molar-refractivity contribution in [2.24, 2.45) is 0 Å². The Bertz CT molecular complexity index is 1280. The Labute approximate surface area is 216 Å². The fourth-order valence-electron chi connectivity index (χ4n) is 4.91. The van der Waals surface area contributed by atoms with Crippen LogP contribution in [0.3, 0.4) is 0 Å². The van der Waals surface area contributed by atoms with Gasteiger partial charge >= 0.3 is 0 Å². The number of hydrogen-bond donors (Lipinski definition) is 1. The van der Waals surface area contributed by atoms with Gasteiger partial charge in [0, 0.05) is 70.5 Å². The first-order valence-electron chi connectivity index (χ1n) is 12.4. The molecule has 2 aliphatic heterocycles. The second-order valence-corrected chi connectivity index (χ2v) is 9.78. The van der Waals surface area contributed by atoms with Gasteiger partial charge in [-0.25, -0.2) is 4.98 Å². The molecule has 0 atom stereocenters. The number of para-hydroxylation sites is 1. The van der Waals surface area contributed by atoms with Gasteiger partial charge in [0.1, 0.15) is 0 Å². The highest BCUT2D eigenvalue weighted by Gasteiger charge is 2.25. The minimum atomic E-state index is -0.150. The number of benzene rings is 2. The highest BCUT2D eigenvalue weighted by Crippen LogP contribution is 2.26. The van der Waals surface area contributed by atoms with Gasteiger partial charge < -0.3 is 14.7 Å². The molecule has 0 spiro atoms. The number of anilines is 2. The second kappa shape index (κ2) is 10.7. The molecule has 3 heterocycles. The van der Waals surface area contributed by atoms with Crippen molar-refractivity contribution in [3.63, 3.8) is 0 Å². The number of nitrogens with one attached hydrogen (secondary N) is 1. The average Bonchev–Trinajstić information content (AvgIpc) is 2.89. The number of piperazine rings is 2. The van der Waals surface area contributed by atoms with Crippen LogP contribution < -0.4 is 15.4 Å². The number of aryl methyl sites for hydroxylation is 1. The van der Waals surface area contributed by atoms with E-state index in [-0.39, 0.29) is 11.5 Å². The molecule has 8 nitrogen and oxygen atoms in total. The molecule has 0 aliphatic carbocycles. The van der Waals surface area contributed by atoms with Gasteiger partial charge in [-0.3, -0.25) is 19.5 Å². The van der Waals surface area contributed by atoms with Crippen molar-refractivity contribution in [2.45, 2.75) is 13.5 Å². The summed E-state index contributed by atoms with van der Waals surface area (Å²) >= 11 is 6.37. The predicted octanol–water partition coefficient (Wildman–Crippen LogP) is 3.02. The normalized spacial score (nSPS) is 16.9. The van der Waals surface area contributed by atoms with Gasteiger partial charge in [-0.15, -0.1) is 0 Å². The van der Waals surface area contributed by atoms with Crippen molar-refractivity contribution in [1.29, 1.82) is 0 Å². The first-order chi connectivity index (χ1) is 17.5. The van der Waals surface area contributed by atoms with Crippen LogP contribution in [0, 0.1) is 6.92 Å². The third-order valence-corrected chi connectivity index (χ3v) is 7.29. The lowest BCUT2D eigenvalue weighted by Gasteiger charge is -2.37. The minimum absolute atomic E-state index is 0.0545. The van der Waals surface area contributed by atoms with Crippen LogP contribution in [0.4, 0.5) is 11.6 Å². The topological polar surface area (TPSA) is 75.8 Å². The van der Waals surface area contributed by atoms with E-state index in [2.05, 4.69) is 25.8 Å². The molecule has 1 aromatic heterocycles. The monoisotopic (exact) mass is 506 g/mol. The van der Waals surface area contributed by atoms with E-state index in [4.69, 9.17) is 16.6 Å². The molecule has 3 aromatic rings. The van der Waals surface area contributed by atoms with Gasteiger partial charge in [0.25, 0.3) is 11.5 Å². The van der Waals surface area contributed by atoms with Crippen molar-refractivity contribution >= 4 is 29.1 Å². The highest BCUT2D eigenvalue weighted by molar-refractivity contribution is 6.33. The smallest absolute Gasteiger partial charge is 0.254 e. The number of nitrogens with zero attached hydrogens (tertiary/aromatic N) is 5. The van der Waals surface area contributed by atoms with E-state index in [1.54, 1.807) is 6.07 Å². The number of carbonyl (C=O) groups is 1. The van der Waals surface area contributed by atoms with E-state index >= 15 is 0 Å². The molecule has 5 rings (SSSR count). The number of carbonyl (C=O) groups excluding carboxylic acids is 1. The summed E-state index contributed by atoms with van der Waals surface area (Å²) in [5.41, 5.74) is 3.40. The number of aromatic nitrogens is 2. The number of aromatic amines is 1. The maximum atomic E-state index is 12.9. The van der Waals surface area contributed by atoms with E-state index in [1.165, 1.54) is 0 Å². The number of rotatable bonds is 5. The quantitative estimate of drug-likeness (QED) is 0.573. The van der Waals surface area contributed by atoms with Gasteiger partial charge in [-0.05, 0) is 30.7 Å². The molecule has 36 heavy (non-hydrogen) atoms. The van der Waals surface area contributed by atoms with Crippen LogP contribution in [0.1, 0.15) is 21.6 Å². The van der Waals surface area contributed by atoms with Crippen molar-refractivity contribution in [2.75, 3.05) is 62.2 Å². The molecule has 0 bridgehead atoms. The first-order valence-corrected chi connectivity index (χ1v) is 12.8. The lowest BCUT2D eigenvalue weighted by molar-refractivity contribution is 0.0745. The lowest BCUT2D eigenvalue weighted by atomic mass is 10.1. The summed E-state index contributed by atoms with van der Waals surface area (Å²) in [6.45, 7) is 8.49. The van der Waals surface area contributed by atoms with Crippen LogP contribution >= 0.6 is 11.6 Å². The zero-order valence-electron chi connectivity index (χ0n) is 20.5. The summed E-state index contributed by atoms with van der Waals surface area (Å²) in [7, 11) is 0. The number of halogens is 1. The van der Waals surface area contributed by atoms with Crippen LogP contribution in [0.2, 0.25) is 5.02 Å². The van der Waals surface area contributed by atoms with Crippen LogP contribution in [0.5, 0.6) is 0 Å². The molecule has 2 aromatic carbocycles. The molecular formula is C27H31ClN6O2. The van der Waals surface area contributed by atoms with Crippen LogP contribution in [-0.4, -0.2) is 78.0 Å². The number of H-pyrrole nitrogens is 1. The summed E-state index contributed by atoms with van der Waals surface area (Å²) in [5, 5.41) is 0.771. The second-order valence-electron chi connectivity index (χ2n) is 9.37. The van der Waals surface area contributed by atoms with Gasteiger partial charge in [-0.2, -0.15) is 0 Å². The van der Waals surface area contributed by atoms with E-state index in [1.807, 2.05) is 54.3 Å². The summed E-state index contributed by atoms with van der Waals surface area (Å²) in [4.78, 5) is 41.6. The van der Waals surface area contributed by atoms with Gasteiger partial charge in [0.2, 0.25) is 5.95 Å². The molecule has 2 fully saturated rings. The molecule has 1 amide bonds. The number of hydrogen-bond acceptors (Lipinski definition) is 6. The van der Waals surface area contributed by atoms with Crippen LogP contribution in [0.15, 0.2) is 59.4 Å². The summed E-state index contributed by atoms with van der Waals surface area (Å²) in [6.07, 6.45) is 0. The van der Waals surface area contributed by atoms with Crippen LogP contribution in [-0.2, 0) is 6.54 Å². The largest absolute Gasteiger partial charge is 0.368 e. The maximum Gasteiger partial charge on any atom is 0.254 e. The summed E-state index contributed by atoms with van der Waals surface area (Å²) in [6, 6.07) is 17.2. The predicted molar refractivity (Wildman–Crippen MR) is 143 cm³/mol. The Morgan fingerprint density at radius 3 is 2.31 bits per heavy atom. The SMILES string of the molecule is Cc1ccccc1C(=O)N1CCN(c2nc(CN3CCN(c4ccccc4Cl)CC3)cc(=O)[nH]2)CC1. The Kier molecular flexibility index (Phi) is 7.25. The van der Waals surface area contributed by atoms with Gasteiger partial charge in [0.05, 0.1) is 16.4 Å². The zero-order valence-corrected chi connectivity index (χ0v) is 21.2. The van der Waals surface area contributed by atoms with Gasteiger partial charge in [0.15, 0.2) is 0 Å². The molecule has 188 valence electrons. The Morgan fingerprint density at radius 1 is 0.917 bits per heavy atom. The minimum Gasteiger partial charge on any atom is -0.368 e. The van der Waals surface area contributed by atoms with Crippen LogP contribution in [0.25, 0.3) is 0 Å². The first kappa shape index (κ1) is 24.3. The van der Waals surface area contributed by atoms with Crippen molar-refractivity contribution < 1.29 is 4.79 Å². The van der Waals surface area contributed by atoms with E-state index in [0.29, 0.717) is 38.7 Å². The molecule has 0 unspecified atom stereocenters. The Balaban J connectivity index is 1.19. The standard InChI is InChI=1S/C27H31ClN6O2/c1-20-6-2-3-7-22(20)26(36)33-14-16-34(17-15-33)27-29-21(18-25(35)30-27)19-31-10-12-32(13-11-31)24-9-5-4-8-23(24)28/h2-9,18H,10-17,19H2,1H3,(H,29,30,35). The molecule has 2 saturated heterocycles. The molecule has 2 aliphatic rings. The third kappa shape index (κ3) is 5.39. The Hall–Kier alpha value is -3.36. The number of amides is 1. The fourth-order valence-corrected chi connectivity index (χ4v) is 5.17. The molecule has 0 radical (unpaired) electrons. The van der Waals surface area contributed by atoms with Crippen molar-refractivity contribution in [1.82, 2.24) is 19.8 Å². The Morgan fingerprint density at radius 2 is 1.58 bits per heavy atom. The molecule has 9 heteroatoms. The summed E-state index contributed by atoms with van der Waals surface area (Å²) < 4.78 is 0. The average molecular weight is 507 g/mol. The lowest BCUT2D eigenvalue weighted by Crippen LogP contribution is -2.49. The molecule has 1 N–H and O–H groups in total. The van der Waals surface area contributed by atoms with E-state index < -0.39 is 0 Å². The van der Waals surface area contributed by atoms with Gasteiger partial charge in [-0.1, -0.05) is 41.9 Å². The highest BCUT2D eigenvalue weighted by atomic mass is 35.5.